The van der Waals surface area contributed by atoms with Crippen LogP contribution in [0.25, 0.3) is 0 Å². The molecule has 2 amide bonds. The van der Waals surface area contributed by atoms with E-state index < -0.39 is 0 Å². The third-order valence-electron chi connectivity index (χ3n) is 3.53. The first-order valence-electron chi connectivity index (χ1n) is 7.96. The van der Waals surface area contributed by atoms with Gasteiger partial charge in [0.15, 0.2) is 0 Å². The number of benzene rings is 1. The van der Waals surface area contributed by atoms with Crippen LogP contribution in [0, 0.1) is 0 Å². The lowest BCUT2D eigenvalue weighted by Crippen LogP contribution is -2.44. The van der Waals surface area contributed by atoms with Crippen molar-refractivity contribution in [3.63, 3.8) is 0 Å². The zero-order valence-corrected chi connectivity index (χ0v) is 15.5. The summed E-state index contributed by atoms with van der Waals surface area (Å²) in [4.78, 5) is 27.5. The number of carbonyl (C=O) groups excluding carboxylic acids is 2. The fraction of sp³-hybridized carbons (Fsp3) is 0.529. The molecule has 0 aliphatic rings. The van der Waals surface area contributed by atoms with Crippen molar-refractivity contribution < 1.29 is 14.3 Å². The summed E-state index contributed by atoms with van der Waals surface area (Å²) < 4.78 is 5.32. The first-order valence-corrected chi connectivity index (χ1v) is 8.34. The van der Waals surface area contributed by atoms with Gasteiger partial charge in [0.05, 0.1) is 20.2 Å². The summed E-state index contributed by atoms with van der Waals surface area (Å²) in [5, 5.41) is 3.32. The van der Waals surface area contributed by atoms with E-state index in [1.807, 2.05) is 31.9 Å². The molecule has 0 heterocycles. The third kappa shape index (κ3) is 6.37. The third-order valence-corrected chi connectivity index (χ3v) is 3.77. The number of ether oxygens (including phenoxy) is 1. The first kappa shape index (κ1) is 20.3. The molecule has 134 valence electrons. The van der Waals surface area contributed by atoms with Gasteiger partial charge in [0.2, 0.25) is 11.8 Å². The molecule has 0 aromatic heterocycles. The van der Waals surface area contributed by atoms with Crippen molar-refractivity contribution in [3.8, 4) is 5.75 Å². The molecule has 0 atom stereocenters. The van der Waals surface area contributed by atoms with Crippen LogP contribution >= 0.6 is 11.6 Å². The lowest BCUT2D eigenvalue weighted by molar-refractivity contribution is -0.136. The molecular weight excluding hydrogens is 330 g/mol. The molecule has 0 saturated carbocycles. The molecule has 0 aliphatic heterocycles. The Morgan fingerprint density at radius 2 is 1.96 bits per heavy atom. The number of halogens is 1. The van der Waals surface area contributed by atoms with Crippen LogP contribution in [0.15, 0.2) is 18.2 Å². The summed E-state index contributed by atoms with van der Waals surface area (Å²) in [6.07, 6.45) is 0. The van der Waals surface area contributed by atoms with E-state index in [9.17, 15) is 9.59 Å². The molecule has 7 heteroatoms. The highest BCUT2D eigenvalue weighted by molar-refractivity contribution is 6.30. The molecule has 0 saturated heterocycles. The molecule has 0 spiro atoms. The number of nitrogens with zero attached hydrogens (tertiary/aromatic N) is 2. The van der Waals surface area contributed by atoms with Crippen LogP contribution in [0.2, 0.25) is 5.02 Å². The monoisotopic (exact) mass is 355 g/mol. The van der Waals surface area contributed by atoms with Crippen molar-refractivity contribution in [1.29, 1.82) is 0 Å². The topological polar surface area (TPSA) is 61.9 Å². The molecule has 0 aliphatic carbocycles. The van der Waals surface area contributed by atoms with Crippen molar-refractivity contribution in [2.24, 2.45) is 0 Å². The highest BCUT2D eigenvalue weighted by Crippen LogP contribution is 2.23. The Hall–Kier alpha value is -1.79. The average Bonchev–Trinajstić information content (AvgIpc) is 2.52. The standard InChI is InChI=1S/C17H26ClN3O3/c1-5-19-16(22)11-21(6-2)17(23)12-20(3)10-13-9-14(18)7-8-15(13)24-4/h7-9H,5-6,10-12H2,1-4H3,(H,19,22). The largest absolute Gasteiger partial charge is 0.496 e. The van der Waals surface area contributed by atoms with Crippen LogP contribution in [0.5, 0.6) is 5.75 Å². The van der Waals surface area contributed by atoms with Gasteiger partial charge in [-0.25, -0.2) is 0 Å². The fourth-order valence-corrected chi connectivity index (χ4v) is 2.55. The average molecular weight is 356 g/mol. The Bertz CT molecular complexity index is 566. The lowest BCUT2D eigenvalue weighted by Gasteiger charge is -2.24. The minimum absolute atomic E-state index is 0.0809. The van der Waals surface area contributed by atoms with Crippen molar-refractivity contribution in [1.82, 2.24) is 15.1 Å². The molecule has 0 bridgehead atoms. The van der Waals surface area contributed by atoms with E-state index in [1.54, 1.807) is 19.2 Å². The molecule has 6 nitrogen and oxygen atoms in total. The second-order valence-electron chi connectivity index (χ2n) is 5.49. The normalized spacial score (nSPS) is 10.6. The van der Waals surface area contributed by atoms with Crippen molar-refractivity contribution in [2.75, 3.05) is 40.3 Å². The van der Waals surface area contributed by atoms with Crippen molar-refractivity contribution >= 4 is 23.4 Å². The van der Waals surface area contributed by atoms with Crippen molar-refractivity contribution in [3.05, 3.63) is 28.8 Å². The van der Waals surface area contributed by atoms with Crippen LogP contribution in [0.4, 0.5) is 0 Å². The molecule has 1 rings (SSSR count). The van der Waals surface area contributed by atoms with Gasteiger partial charge in [-0.1, -0.05) is 11.6 Å². The molecule has 0 fully saturated rings. The summed E-state index contributed by atoms with van der Waals surface area (Å²) in [6.45, 7) is 5.57. The number of methoxy groups -OCH3 is 1. The van der Waals surface area contributed by atoms with E-state index in [-0.39, 0.29) is 24.9 Å². The molecule has 0 radical (unpaired) electrons. The minimum atomic E-state index is -0.146. The fourth-order valence-electron chi connectivity index (χ4n) is 2.35. The Labute approximate surface area is 148 Å². The lowest BCUT2D eigenvalue weighted by atomic mass is 10.2. The highest BCUT2D eigenvalue weighted by atomic mass is 35.5. The quantitative estimate of drug-likeness (QED) is 0.733. The van der Waals surface area contributed by atoms with Gasteiger partial charge in [-0.15, -0.1) is 0 Å². The van der Waals surface area contributed by atoms with Gasteiger partial charge in [-0.2, -0.15) is 0 Å². The summed E-state index contributed by atoms with van der Waals surface area (Å²) in [5.74, 6) is 0.493. The van der Waals surface area contributed by atoms with Gasteiger partial charge in [0.25, 0.3) is 0 Å². The van der Waals surface area contributed by atoms with Crippen molar-refractivity contribution in [2.45, 2.75) is 20.4 Å². The first-order chi connectivity index (χ1) is 11.4. The number of nitrogens with one attached hydrogen (secondary N) is 1. The van der Waals surface area contributed by atoms with E-state index >= 15 is 0 Å². The molecule has 0 unspecified atom stereocenters. The molecule has 1 aromatic carbocycles. The summed E-state index contributed by atoms with van der Waals surface area (Å²) in [5.41, 5.74) is 0.909. The van der Waals surface area contributed by atoms with Gasteiger partial charge in [-0.3, -0.25) is 14.5 Å². The van der Waals surface area contributed by atoms with Gasteiger partial charge < -0.3 is 15.0 Å². The highest BCUT2D eigenvalue weighted by Gasteiger charge is 2.17. The van der Waals surface area contributed by atoms with Gasteiger partial charge in [0, 0.05) is 30.2 Å². The Balaban J connectivity index is 2.65. The van der Waals surface area contributed by atoms with Crippen LogP contribution in [0.3, 0.4) is 0 Å². The maximum Gasteiger partial charge on any atom is 0.239 e. The number of likely N-dealkylation sites (N-methyl/N-ethyl adjacent to an activating group) is 3. The Kier molecular flexibility index (Phi) is 8.57. The Morgan fingerprint density at radius 1 is 1.25 bits per heavy atom. The number of amides is 2. The van der Waals surface area contributed by atoms with Crippen LogP contribution in [-0.4, -0.2) is 62.0 Å². The second kappa shape index (κ2) is 10.2. The van der Waals surface area contributed by atoms with Crippen LogP contribution in [0.1, 0.15) is 19.4 Å². The SMILES string of the molecule is CCNC(=O)CN(CC)C(=O)CN(C)Cc1cc(Cl)ccc1OC. The van der Waals surface area contributed by atoms with E-state index in [0.717, 1.165) is 11.3 Å². The summed E-state index contributed by atoms with van der Waals surface area (Å²) in [7, 11) is 3.45. The van der Waals surface area contributed by atoms with E-state index in [0.29, 0.717) is 24.7 Å². The molecule has 24 heavy (non-hydrogen) atoms. The maximum atomic E-state index is 12.4. The second-order valence-corrected chi connectivity index (χ2v) is 5.93. The smallest absolute Gasteiger partial charge is 0.239 e. The number of carbonyl (C=O) groups is 2. The summed E-state index contributed by atoms with van der Waals surface area (Å²) >= 11 is 6.03. The predicted molar refractivity (Wildman–Crippen MR) is 95.3 cm³/mol. The summed E-state index contributed by atoms with van der Waals surface area (Å²) in [6, 6.07) is 5.40. The zero-order valence-electron chi connectivity index (χ0n) is 14.8. The number of hydrogen-bond donors (Lipinski definition) is 1. The van der Waals surface area contributed by atoms with E-state index in [4.69, 9.17) is 16.3 Å². The number of rotatable bonds is 9. The molecule has 1 N–H and O–H groups in total. The zero-order chi connectivity index (χ0) is 18.1. The van der Waals surface area contributed by atoms with Gasteiger partial charge in [0.1, 0.15) is 5.75 Å². The molecule has 1 aromatic rings. The van der Waals surface area contributed by atoms with Gasteiger partial charge >= 0.3 is 0 Å². The number of hydrogen-bond acceptors (Lipinski definition) is 4. The van der Waals surface area contributed by atoms with E-state index in [2.05, 4.69) is 5.32 Å². The minimum Gasteiger partial charge on any atom is -0.496 e. The van der Waals surface area contributed by atoms with Crippen LogP contribution < -0.4 is 10.1 Å². The predicted octanol–water partition coefficient (Wildman–Crippen LogP) is 1.76. The Morgan fingerprint density at radius 3 is 2.54 bits per heavy atom. The molecular formula is C17H26ClN3O3. The van der Waals surface area contributed by atoms with E-state index in [1.165, 1.54) is 4.90 Å². The van der Waals surface area contributed by atoms with Crippen LogP contribution in [-0.2, 0) is 16.1 Å². The maximum absolute atomic E-state index is 12.4. The van der Waals surface area contributed by atoms with Gasteiger partial charge in [-0.05, 0) is 39.1 Å².